The number of aliphatic hydroxyl groups is 1. The van der Waals surface area contributed by atoms with Crippen molar-refractivity contribution in [1.82, 2.24) is 5.32 Å². The van der Waals surface area contributed by atoms with E-state index in [1.54, 1.807) is 20.8 Å². The summed E-state index contributed by atoms with van der Waals surface area (Å²) in [5.41, 5.74) is 12.0. The van der Waals surface area contributed by atoms with Crippen LogP contribution in [-0.2, 0) is 64.4 Å². The van der Waals surface area contributed by atoms with Gasteiger partial charge < -0.3 is 43.6 Å². The summed E-state index contributed by atoms with van der Waals surface area (Å²) in [5, 5.41) is 18.4. The molecule has 0 aromatic heterocycles. The summed E-state index contributed by atoms with van der Waals surface area (Å²) < 4.78 is 43.0. The number of alkyl carbamates (subject to hydrolysis) is 1. The molecule has 14 heteroatoms. The SMILES string of the molecule is CC(C)(C)OC(=O)[C@H](CC[C@H](CN=[N+]=[N-])O[C@@H]1O[C@H](COCc2ccccc2)[C@H](OCc2ccccc2)[C@H](OCc2ccccc2)[C@H]1O)NC(=O)OCc1ccccc1. The number of benzene rings is 4. The highest BCUT2D eigenvalue weighted by Gasteiger charge is 2.48. The average Bonchev–Trinajstić information content (AvgIpc) is 3.24. The lowest BCUT2D eigenvalue weighted by atomic mass is 9.98. The van der Waals surface area contributed by atoms with E-state index in [1.165, 1.54) is 0 Å². The van der Waals surface area contributed by atoms with Gasteiger partial charge in [-0.1, -0.05) is 126 Å². The molecule has 5 rings (SSSR count). The third-order valence-electron chi connectivity index (χ3n) is 9.23. The van der Waals surface area contributed by atoms with Crippen molar-refractivity contribution in [3.8, 4) is 0 Å². The van der Waals surface area contributed by atoms with Gasteiger partial charge in [0.2, 0.25) is 0 Å². The van der Waals surface area contributed by atoms with Gasteiger partial charge in [-0.2, -0.15) is 0 Å². The first kappa shape index (κ1) is 44.8. The van der Waals surface area contributed by atoms with E-state index in [4.69, 9.17) is 33.2 Å². The minimum absolute atomic E-state index is 0.00411. The fraction of sp³-hybridized carbons (Fsp3) is 0.422. The molecule has 1 aliphatic heterocycles. The molecule has 0 radical (unpaired) electrons. The zero-order valence-electron chi connectivity index (χ0n) is 33.7. The summed E-state index contributed by atoms with van der Waals surface area (Å²) in [7, 11) is 0. The fourth-order valence-electron chi connectivity index (χ4n) is 6.33. The van der Waals surface area contributed by atoms with Gasteiger partial charge in [0.05, 0.1) is 39.1 Å². The third kappa shape index (κ3) is 15.4. The van der Waals surface area contributed by atoms with Crippen LogP contribution >= 0.6 is 0 Å². The number of carbonyl (C=O) groups excluding carboxylic acids is 2. The van der Waals surface area contributed by atoms with E-state index < -0.39 is 60.5 Å². The molecule has 4 aromatic carbocycles. The molecule has 2 N–H and O–H groups in total. The Kier molecular flexibility index (Phi) is 17.7. The Morgan fingerprint density at radius 2 is 1.27 bits per heavy atom. The van der Waals surface area contributed by atoms with Gasteiger partial charge in [0.25, 0.3) is 0 Å². The standard InChI is InChI=1S/C45H54N4O10/c1-45(2,3)59-42(51)37(48-44(52)56-30-35-22-14-7-15-23-35)25-24-36(26-47-49-46)57-43-39(50)41(55-29-34-20-12-6-13-21-34)40(54-28-33-18-10-5-11-19-33)38(58-43)31-53-27-32-16-8-4-9-17-32/h4-23,36-41,43,50H,24-31H2,1-3H3,(H,48,52)/t36-,37+,38-,39-,40+,41-,43-/m1/s1. The lowest BCUT2D eigenvalue weighted by Gasteiger charge is -2.45. The number of aliphatic hydroxyl groups excluding tert-OH is 1. The van der Waals surface area contributed by atoms with Gasteiger partial charge in [0.1, 0.15) is 42.7 Å². The number of nitrogens with zero attached hydrogens (tertiary/aromatic N) is 3. The van der Waals surface area contributed by atoms with Crippen molar-refractivity contribution >= 4 is 12.1 Å². The van der Waals surface area contributed by atoms with Crippen molar-refractivity contribution in [3.05, 3.63) is 154 Å². The smallest absolute Gasteiger partial charge is 0.408 e. The van der Waals surface area contributed by atoms with Gasteiger partial charge in [-0.15, -0.1) is 0 Å². The van der Waals surface area contributed by atoms with E-state index >= 15 is 0 Å². The Morgan fingerprint density at radius 1 is 0.763 bits per heavy atom. The van der Waals surface area contributed by atoms with Gasteiger partial charge in [0, 0.05) is 4.91 Å². The maximum Gasteiger partial charge on any atom is 0.408 e. The molecule has 1 aliphatic rings. The minimum Gasteiger partial charge on any atom is -0.458 e. The molecule has 14 nitrogen and oxygen atoms in total. The molecule has 59 heavy (non-hydrogen) atoms. The maximum absolute atomic E-state index is 13.4. The normalized spacial score (nSPS) is 20.1. The van der Waals surface area contributed by atoms with Crippen molar-refractivity contribution < 1.29 is 47.9 Å². The second-order valence-corrected chi connectivity index (χ2v) is 15.1. The summed E-state index contributed by atoms with van der Waals surface area (Å²) in [6.45, 7) is 5.69. The Morgan fingerprint density at radius 3 is 1.80 bits per heavy atom. The minimum atomic E-state index is -1.38. The van der Waals surface area contributed by atoms with Gasteiger partial charge in [-0.05, 0) is 61.4 Å². The van der Waals surface area contributed by atoms with Crippen LogP contribution in [0.15, 0.2) is 126 Å². The van der Waals surface area contributed by atoms with Crippen LogP contribution in [0.2, 0.25) is 0 Å². The van der Waals surface area contributed by atoms with E-state index in [0.717, 1.165) is 22.3 Å². The van der Waals surface area contributed by atoms with Crippen LogP contribution in [0, 0.1) is 0 Å². The second-order valence-electron chi connectivity index (χ2n) is 15.1. The highest BCUT2D eigenvalue weighted by Crippen LogP contribution is 2.30. The third-order valence-corrected chi connectivity index (χ3v) is 9.23. The van der Waals surface area contributed by atoms with Gasteiger partial charge in [0.15, 0.2) is 6.29 Å². The van der Waals surface area contributed by atoms with Crippen LogP contribution < -0.4 is 5.32 Å². The second kappa shape index (κ2) is 23.3. The molecule has 0 unspecified atom stereocenters. The Balaban J connectivity index is 1.35. The van der Waals surface area contributed by atoms with Crippen LogP contribution in [0.4, 0.5) is 4.79 Å². The Hall–Kier alpha value is -5.31. The lowest BCUT2D eigenvalue weighted by Crippen LogP contribution is -2.61. The lowest BCUT2D eigenvalue weighted by molar-refractivity contribution is -0.327. The number of rotatable bonds is 21. The highest BCUT2D eigenvalue weighted by molar-refractivity contribution is 5.81. The van der Waals surface area contributed by atoms with Gasteiger partial charge in [-0.25, -0.2) is 9.59 Å². The molecule has 0 bridgehead atoms. The molecule has 314 valence electrons. The predicted molar refractivity (Wildman–Crippen MR) is 218 cm³/mol. The molecular formula is C45H54N4O10. The van der Waals surface area contributed by atoms with E-state index in [-0.39, 0.29) is 45.8 Å². The molecule has 7 atom stereocenters. The molecule has 1 amide bonds. The van der Waals surface area contributed by atoms with E-state index in [2.05, 4.69) is 15.3 Å². The first-order valence-corrected chi connectivity index (χ1v) is 19.7. The van der Waals surface area contributed by atoms with Crippen LogP contribution in [0.1, 0.15) is 55.9 Å². The van der Waals surface area contributed by atoms with Crippen molar-refractivity contribution in [1.29, 1.82) is 0 Å². The molecule has 1 saturated heterocycles. The summed E-state index contributed by atoms with van der Waals surface area (Å²) in [5.74, 6) is -0.686. The molecule has 0 saturated carbocycles. The fourth-order valence-corrected chi connectivity index (χ4v) is 6.33. The molecule has 0 spiro atoms. The summed E-state index contributed by atoms with van der Waals surface area (Å²) in [6, 6.07) is 36.8. The zero-order valence-corrected chi connectivity index (χ0v) is 33.7. The van der Waals surface area contributed by atoms with Crippen LogP contribution in [0.25, 0.3) is 10.4 Å². The van der Waals surface area contributed by atoms with E-state index in [0.29, 0.717) is 6.61 Å². The molecule has 0 aliphatic carbocycles. The van der Waals surface area contributed by atoms with Gasteiger partial charge >= 0.3 is 12.1 Å². The number of azide groups is 1. The predicted octanol–water partition coefficient (Wildman–Crippen LogP) is 7.57. The van der Waals surface area contributed by atoms with Crippen molar-refractivity contribution in [2.75, 3.05) is 13.2 Å². The van der Waals surface area contributed by atoms with Crippen LogP contribution in [0.5, 0.6) is 0 Å². The maximum atomic E-state index is 13.4. The van der Waals surface area contributed by atoms with Gasteiger partial charge in [-0.3, -0.25) is 0 Å². The Bertz CT molecular complexity index is 1880. The first-order valence-electron chi connectivity index (χ1n) is 19.7. The number of esters is 1. The summed E-state index contributed by atoms with van der Waals surface area (Å²) in [4.78, 5) is 29.2. The largest absolute Gasteiger partial charge is 0.458 e. The van der Waals surface area contributed by atoms with E-state index in [1.807, 2.05) is 121 Å². The quantitative estimate of drug-likeness (QED) is 0.0369. The molecule has 1 fully saturated rings. The van der Waals surface area contributed by atoms with E-state index in [9.17, 15) is 20.2 Å². The average molecular weight is 811 g/mol. The topological polar surface area (TPSA) is 180 Å². The number of hydrogen-bond donors (Lipinski definition) is 2. The summed E-state index contributed by atoms with van der Waals surface area (Å²) >= 11 is 0. The number of carbonyl (C=O) groups is 2. The van der Waals surface area contributed by atoms with Crippen LogP contribution in [-0.4, -0.2) is 78.8 Å². The first-order chi connectivity index (χ1) is 28.6. The van der Waals surface area contributed by atoms with Crippen molar-refractivity contribution in [2.45, 2.75) is 108 Å². The van der Waals surface area contributed by atoms with Crippen molar-refractivity contribution in [2.24, 2.45) is 5.11 Å². The monoisotopic (exact) mass is 810 g/mol. The number of nitrogens with one attached hydrogen (secondary N) is 1. The number of ether oxygens (including phenoxy) is 7. The van der Waals surface area contributed by atoms with Crippen LogP contribution in [0.3, 0.4) is 0 Å². The molecule has 4 aromatic rings. The molecule has 1 heterocycles. The highest BCUT2D eigenvalue weighted by atomic mass is 16.7. The Labute approximate surface area is 345 Å². The summed E-state index contributed by atoms with van der Waals surface area (Å²) in [6.07, 6.45) is -6.86. The van der Waals surface area contributed by atoms with Crippen molar-refractivity contribution in [3.63, 3.8) is 0 Å². The zero-order chi connectivity index (χ0) is 41.9. The molecular weight excluding hydrogens is 757 g/mol. The number of hydrogen-bond acceptors (Lipinski definition) is 11. The number of amides is 1.